The molecule has 8 heteroatoms. The molecule has 1 saturated heterocycles. The van der Waals surface area contributed by atoms with E-state index in [1.165, 1.54) is 4.90 Å². The molecule has 4 nitrogen and oxygen atoms in total. The predicted molar refractivity (Wildman–Crippen MR) is 101 cm³/mol. The molecule has 150 valence electrons. The first-order valence-corrected chi connectivity index (χ1v) is 9.44. The van der Waals surface area contributed by atoms with Crippen molar-refractivity contribution in [3.05, 3.63) is 64.4 Å². The maximum Gasteiger partial charge on any atom is 0.417 e. The molecule has 1 atom stereocenters. The van der Waals surface area contributed by atoms with Gasteiger partial charge in [0.1, 0.15) is 0 Å². The molecule has 0 saturated carbocycles. The molecule has 0 aliphatic carbocycles. The summed E-state index contributed by atoms with van der Waals surface area (Å²) in [6, 6.07) is 8.25. The Morgan fingerprint density at radius 3 is 2.64 bits per heavy atom. The van der Waals surface area contributed by atoms with Gasteiger partial charge in [0.05, 0.1) is 11.1 Å². The topological polar surface area (TPSA) is 59.2 Å². The van der Waals surface area contributed by atoms with Crippen molar-refractivity contribution in [1.29, 1.82) is 0 Å². The molecule has 2 N–H and O–H groups in total. The van der Waals surface area contributed by atoms with E-state index in [1.807, 2.05) is 18.2 Å². The molecule has 2 aromatic rings. The highest BCUT2D eigenvalue weighted by atomic mass is 35.5. The van der Waals surface area contributed by atoms with Crippen molar-refractivity contribution in [3.63, 3.8) is 0 Å². The number of aromatic nitrogens is 1. The summed E-state index contributed by atoms with van der Waals surface area (Å²) in [5.74, 6) is -0.443. The third-order valence-corrected chi connectivity index (χ3v) is 5.38. The van der Waals surface area contributed by atoms with Crippen LogP contribution in [0, 0.1) is 5.92 Å². The van der Waals surface area contributed by atoms with Crippen LogP contribution in [0.4, 0.5) is 13.2 Å². The first-order valence-electron chi connectivity index (χ1n) is 9.06. The molecular formula is C20H21ClF3N3O. The van der Waals surface area contributed by atoms with E-state index >= 15 is 0 Å². The molecule has 1 aromatic carbocycles. The number of amides is 1. The van der Waals surface area contributed by atoms with E-state index in [0.717, 1.165) is 24.0 Å². The van der Waals surface area contributed by atoms with Crippen LogP contribution in [-0.2, 0) is 12.6 Å². The van der Waals surface area contributed by atoms with Crippen LogP contribution in [0.25, 0.3) is 0 Å². The number of benzene rings is 1. The van der Waals surface area contributed by atoms with Crippen LogP contribution in [0.2, 0.25) is 5.02 Å². The number of hydrogen-bond acceptors (Lipinski definition) is 3. The monoisotopic (exact) mass is 411 g/mol. The standard InChI is InChI=1S/C20H21ClF3N3O/c21-15-3-1-2-13(10-15)11-18(25)14-5-8-27(9-6-14)19(28)16-12-26-7-4-17(16)20(22,23)24/h1-4,7,10,12,14,18H,5-6,8-9,11,25H2. The molecule has 2 heterocycles. The average Bonchev–Trinajstić information content (AvgIpc) is 2.67. The number of halogens is 4. The van der Waals surface area contributed by atoms with Gasteiger partial charge in [0, 0.05) is 36.5 Å². The molecule has 1 aliphatic rings. The van der Waals surface area contributed by atoms with Gasteiger partial charge in [-0.2, -0.15) is 13.2 Å². The number of carbonyl (C=O) groups is 1. The Morgan fingerprint density at radius 1 is 1.29 bits per heavy atom. The third-order valence-electron chi connectivity index (χ3n) is 5.15. The van der Waals surface area contributed by atoms with Crippen LogP contribution >= 0.6 is 11.6 Å². The summed E-state index contributed by atoms with van der Waals surface area (Å²) in [5, 5.41) is 0.655. The summed E-state index contributed by atoms with van der Waals surface area (Å²) in [6.07, 6.45) is -0.599. The highest BCUT2D eigenvalue weighted by molar-refractivity contribution is 6.30. The van der Waals surface area contributed by atoms with E-state index in [9.17, 15) is 18.0 Å². The van der Waals surface area contributed by atoms with Gasteiger partial charge in [-0.25, -0.2) is 0 Å². The Kier molecular flexibility index (Phi) is 6.25. The van der Waals surface area contributed by atoms with Gasteiger partial charge in [-0.3, -0.25) is 9.78 Å². The Labute approximate surface area is 166 Å². The van der Waals surface area contributed by atoms with E-state index in [0.29, 0.717) is 37.4 Å². The van der Waals surface area contributed by atoms with Crippen LogP contribution < -0.4 is 5.73 Å². The molecule has 1 aliphatic heterocycles. The number of carbonyl (C=O) groups excluding carboxylic acids is 1. The maximum atomic E-state index is 13.2. The predicted octanol–water partition coefficient (Wildman–Crippen LogP) is 4.18. The molecule has 3 rings (SSSR count). The first-order chi connectivity index (χ1) is 13.3. The number of pyridine rings is 1. The number of piperidine rings is 1. The SMILES string of the molecule is NC(Cc1cccc(Cl)c1)C1CCN(C(=O)c2cnccc2C(F)(F)F)CC1. The van der Waals surface area contributed by atoms with Crippen LogP contribution in [-0.4, -0.2) is 34.9 Å². The zero-order valence-corrected chi connectivity index (χ0v) is 15.9. The quantitative estimate of drug-likeness (QED) is 0.821. The van der Waals surface area contributed by atoms with Crippen molar-refractivity contribution in [1.82, 2.24) is 9.88 Å². The lowest BCUT2D eigenvalue weighted by atomic mass is 9.86. The average molecular weight is 412 g/mol. The van der Waals surface area contributed by atoms with E-state index < -0.39 is 23.2 Å². The highest BCUT2D eigenvalue weighted by Crippen LogP contribution is 2.32. The Bertz CT molecular complexity index is 835. The fourth-order valence-electron chi connectivity index (χ4n) is 3.62. The van der Waals surface area contributed by atoms with Gasteiger partial charge in [-0.1, -0.05) is 23.7 Å². The van der Waals surface area contributed by atoms with Crippen molar-refractivity contribution in [3.8, 4) is 0 Å². The molecule has 1 amide bonds. The second-order valence-corrected chi connectivity index (χ2v) is 7.48. The lowest BCUT2D eigenvalue weighted by molar-refractivity contribution is -0.138. The molecule has 0 spiro atoms. The van der Waals surface area contributed by atoms with Crippen molar-refractivity contribution >= 4 is 17.5 Å². The second kappa shape index (κ2) is 8.49. The Hall–Kier alpha value is -2.12. The normalized spacial score (nSPS) is 16.8. The van der Waals surface area contributed by atoms with Crippen molar-refractivity contribution < 1.29 is 18.0 Å². The lowest BCUT2D eigenvalue weighted by Gasteiger charge is -2.35. The van der Waals surface area contributed by atoms with Crippen LogP contribution in [0.1, 0.15) is 34.3 Å². The number of alkyl halides is 3. The van der Waals surface area contributed by atoms with Gasteiger partial charge < -0.3 is 10.6 Å². The van der Waals surface area contributed by atoms with E-state index in [1.54, 1.807) is 6.07 Å². The number of likely N-dealkylation sites (tertiary alicyclic amines) is 1. The summed E-state index contributed by atoms with van der Waals surface area (Å²) in [4.78, 5) is 17.8. The number of nitrogens with zero attached hydrogens (tertiary/aromatic N) is 2. The molecule has 0 bridgehead atoms. The summed E-state index contributed by atoms with van der Waals surface area (Å²) >= 11 is 6.00. The Balaban J connectivity index is 1.62. The lowest BCUT2D eigenvalue weighted by Crippen LogP contribution is -2.44. The van der Waals surface area contributed by atoms with Crippen molar-refractivity contribution in [2.75, 3.05) is 13.1 Å². The van der Waals surface area contributed by atoms with Crippen molar-refractivity contribution in [2.24, 2.45) is 11.7 Å². The molecule has 1 fully saturated rings. The fraction of sp³-hybridized carbons (Fsp3) is 0.400. The summed E-state index contributed by atoms with van der Waals surface area (Å²) < 4.78 is 39.5. The third kappa shape index (κ3) is 4.83. The molecule has 1 unspecified atom stereocenters. The zero-order valence-electron chi connectivity index (χ0n) is 15.1. The molecule has 0 radical (unpaired) electrons. The smallest absolute Gasteiger partial charge is 0.339 e. The van der Waals surface area contributed by atoms with Crippen LogP contribution in [0.3, 0.4) is 0 Å². The molecular weight excluding hydrogens is 391 g/mol. The highest BCUT2D eigenvalue weighted by Gasteiger charge is 2.37. The fourth-order valence-corrected chi connectivity index (χ4v) is 3.83. The van der Waals surface area contributed by atoms with E-state index in [-0.39, 0.29) is 12.0 Å². The maximum absolute atomic E-state index is 13.2. The van der Waals surface area contributed by atoms with Gasteiger partial charge in [-0.15, -0.1) is 0 Å². The van der Waals surface area contributed by atoms with E-state index in [4.69, 9.17) is 17.3 Å². The number of nitrogens with two attached hydrogens (primary N) is 1. The number of rotatable bonds is 4. The van der Waals surface area contributed by atoms with Gasteiger partial charge >= 0.3 is 6.18 Å². The van der Waals surface area contributed by atoms with Gasteiger partial charge in [-0.05, 0) is 48.9 Å². The summed E-state index contributed by atoms with van der Waals surface area (Å²) in [5.41, 5.74) is 6.03. The number of hydrogen-bond donors (Lipinski definition) is 1. The van der Waals surface area contributed by atoms with Gasteiger partial charge in [0.2, 0.25) is 0 Å². The minimum Gasteiger partial charge on any atom is -0.339 e. The summed E-state index contributed by atoms with van der Waals surface area (Å²) in [6.45, 7) is 0.748. The van der Waals surface area contributed by atoms with Crippen molar-refractivity contribution in [2.45, 2.75) is 31.5 Å². The Morgan fingerprint density at radius 2 is 2.00 bits per heavy atom. The van der Waals surface area contributed by atoms with E-state index in [2.05, 4.69) is 4.98 Å². The van der Waals surface area contributed by atoms with Gasteiger partial charge in [0.25, 0.3) is 5.91 Å². The molecule has 28 heavy (non-hydrogen) atoms. The van der Waals surface area contributed by atoms with Crippen LogP contribution in [0.15, 0.2) is 42.7 Å². The van der Waals surface area contributed by atoms with Gasteiger partial charge in [0.15, 0.2) is 0 Å². The minimum absolute atomic E-state index is 0.0974. The van der Waals surface area contributed by atoms with Crippen LogP contribution in [0.5, 0.6) is 0 Å². The minimum atomic E-state index is -4.59. The summed E-state index contributed by atoms with van der Waals surface area (Å²) in [7, 11) is 0. The second-order valence-electron chi connectivity index (χ2n) is 7.05. The molecule has 1 aromatic heterocycles. The first kappa shape index (κ1) is 20.6. The zero-order chi connectivity index (χ0) is 20.3. The largest absolute Gasteiger partial charge is 0.417 e.